The minimum Gasteiger partial charge on any atom is -0.388 e. The number of hydrogen-bond acceptors (Lipinski definition) is 6. The predicted molar refractivity (Wildman–Crippen MR) is 124 cm³/mol. The van der Waals surface area contributed by atoms with Gasteiger partial charge in [-0.2, -0.15) is 0 Å². The lowest BCUT2D eigenvalue weighted by atomic mass is 10.0. The van der Waals surface area contributed by atoms with E-state index in [-0.39, 0.29) is 30.6 Å². The van der Waals surface area contributed by atoms with Crippen LogP contribution in [0.25, 0.3) is 0 Å². The molecule has 2 aliphatic rings. The number of hydrogen-bond donors (Lipinski definition) is 3. The van der Waals surface area contributed by atoms with Crippen molar-refractivity contribution >= 4 is 17.5 Å². The highest BCUT2D eigenvalue weighted by Crippen LogP contribution is 2.25. The molecule has 0 aliphatic carbocycles. The van der Waals surface area contributed by atoms with E-state index >= 15 is 0 Å². The molecule has 4 unspecified atom stereocenters. The number of ether oxygens (including phenoxy) is 1. The molecule has 8 nitrogen and oxygen atoms in total. The topological polar surface area (TPSA) is 102 Å². The molecule has 2 aliphatic heterocycles. The van der Waals surface area contributed by atoms with E-state index in [9.17, 15) is 24.2 Å². The van der Waals surface area contributed by atoms with Crippen molar-refractivity contribution in [3.63, 3.8) is 0 Å². The van der Waals surface area contributed by atoms with E-state index < -0.39 is 24.4 Å². The van der Waals surface area contributed by atoms with Crippen LogP contribution in [0, 0.1) is 12.7 Å². The van der Waals surface area contributed by atoms with Crippen molar-refractivity contribution in [1.29, 1.82) is 0 Å². The second-order valence-electron chi connectivity index (χ2n) is 8.82. The first-order valence-corrected chi connectivity index (χ1v) is 11.5. The lowest BCUT2D eigenvalue weighted by Crippen LogP contribution is -2.49. The molecule has 3 N–H and O–H groups in total. The predicted octanol–water partition coefficient (Wildman–Crippen LogP) is 1.09. The van der Waals surface area contributed by atoms with Crippen LogP contribution in [0.5, 0.6) is 0 Å². The van der Waals surface area contributed by atoms with E-state index in [1.807, 2.05) is 19.1 Å². The summed E-state index contributed by atoms with van der Waals surface area (Å²) in [6.45, 7) is 4.17. The van der Waals surface area contributed by atoms with Crippen molar-refractivity contribution in [3.05, 3.63) is 65.5 Å². The monoisotopic (exact) mass is 471 g/mol. The summed E-state index contributed by atoms with van der Waals surface area (Å²) in [6, 6.07) is 13.4. The molecule has 0 saturated carbocycles. The molecule has 0 radical (unpaired) electrons. The first-order chi connectivity index (χ1) is 16.3. The fourth-order valence-electron chi connectivity index (χ4n) is 4.33. The molecule has 2 fully saturated rings. The molecule has 2 saturated heterocycles. The molecule has 0 aromatic heterocycles. The van der Waals surface area contributed by atoms with Crippen LogP contribution in [0.1, 0.15) is 22.3 Å². The van der Waals surface area contributed by atoms with Crippen LogP contribution in [0.3, 0.4) is 0 Å². The Morgan fingerprint density at radius 3 is 2.24 bits per heavy atom. The number of rotatable bonds is 6. The summed E-state index contributed by atoms with van der Waals surface area (Å²) in [5.41, 5.74) is 2.44. The van der Waals surface area contributed by atoms with Crippen molar-refractivity contribution in [2.24, 2.45) is 0 Å². The summed E-state index contributed by atoms with van der Waals surface area (Å²) >= 11 is 0. The highest BCUT2D eigenvalue weighted by molar-refractivity contribution is 5.94. The van der Waals surface area contributed by atoms with E-state index in [1.165, 1.54) is 12.1 Å². The van der Waals surface area contributed by atoms with Crippen LogP contribution in [0.2, 0.25) is 0 Å². The number of carbonyl (C=O) groups excluding carboxylic acids is 2. The van der Waals surface area contributed by atoms with Crippen LogP contribution in [-0.4, -0.2) is 84.1 Å². The first kappa shape index (κ1) is 24.1. The van der Waals surface area contributed by atoms with Gasteiger partial charge in [-0.05, 0) is 43.3 Å². The third kappa shape index (κ3) is 5.55. The molecule has 4 rings (SSSR count). The maximum Gasteiger partial charge on any atom is 0.251 e. The standard InChI is InChI=1S/C25H30FN3O5/c1-16-2-4-17(5-3-16)25(33)27-15-21-24(32)23(31)20(34-21)14-22(30)29-12-10-28(11-13-29)19-8-6-18(26)7-9-19/h2-9,20-21,23-24,31-32H,10-15H2,1H3,(H,27,33). The van der Waals surface area contributed by atoms with E-state index in [2.05, 4.69) is 10.2 Å². The third-order valence-electron chi connectivity index (χ3n) is 6.44. The van der Waals surface area contributed by atoms with Gasteiger partial charge in [0.2, 0.25) is 5.91 Å². The van der Waals surface area contributed by atoms with Gasteiger partial charge in [0.1, 0.15) is 24.1 Å². The van der Waals surface area contributed by atoms with E-state index in [0.717, 1.165) is 11.3 Å². The van der Waals surface area contributed by atoms with Crippen molar-refractivity contribution in [2.75, 3.05) is 37.6 Å². The molecule has 34 heavy (non-hydrogen) atoms. The summed E-state index contributed by atoms with van der Waals surface area (Å²) in [5.74, 6) is -0.758. The molecular formula is C25H30FN3O5. The Balaban J connectivity index is 1.25. The number of halogens is 1. The van der Waals surface area contributed by atoms with Crippen molar-refractivity contribution in [3.8, 4) is 0 Å². The number of nitrogens with one attached hydrogen (secondary N) is 1. The third-order valence-corrected chi connectivity index (χ3v) is 6.44. The summed E-state index contributed by atoms with van der Waals surface area (Å²) in [5, 5.41) is 23.5. The van der Waals surface area contributed by atoms with Crippen molar-refractivity contribution in [1.82, 2.24) is 10.2 Å². The molecule has 9 heteroatoms. The van der Waals surface area contributed by atoms with Gasteiger partial charge in [-0.3, -0.25) is 9.59 Å². The number of benzene rings is 2. The average molecular weight is 472 g/mol. The Kier molecular flexibility index (Phi) is 7.45. The summed E-state index contributed by atoms with van der Waals surface area (Å²) in [4.78, 5) is 28.9. The first-order valence-electron chi connectivity index (χ1n) is 11.5. The molecule has 2 aromatic carbocycles. The summed E-state index contributed by atoms with van der Waals surface area (Å²) < 4.78 is 18.9. The Morgan fingerprint density at radius 2 is 1.59 bits per heavy atom. The molecule has 2 amide bonds. The maximum atomic E-state index is 13.1. The van der Waals surface area contributed by atoms with Crippen LogP contribution >= 0.6 is 0 Å². The molecule has 0 spiro atoms. The number of piperazine rings is 1. The number of aliphatic hydroxyl groups is 2. The van der Waals surface area contributed by atoms with Gasteiger partial charge in [0, 0.05) is 44.0 Å². The smallest absolute Gasteiger partial charge is 0.251 e. The second-order valence-corrected chi connectivity index (χ2v) is 8.82. The molecule has 4 atom stereocenters. The number of amides is 2. The van der Waals surface area contributed by atoms with Crippen LogP contribution in [-0.2, 0) is 9.53 Å². The highest BCUT2D eigenvalue weighted by Gasteiger charge is 2.44. The van der Waals surface area contributed by atoms with Crippen LogP contribution in [0.15, 0.2) is 48.5 Å². The van der Waals surface area contributed by atoms with Gasteiger partial charge in [0.05, 0.1) is 12.5 Å². The Labute approximate surface area is 197 Å². The fourth-order valence-corrected chi connectivity index (χ4v) is 4.33. The van der Waals surface area contributed by atoms with Gasteiger partial charge in [0.15, 0.2) is 0 Å². The van der Waals surface area contributed by atoms with Gasteiger partial charge in [-0.15, -0.1) is 0 Å². The number of aliphatic hydroxyl groups excluding tert-OH is 2. The zero-order valence-electron chi connectivity index (χ0n) is 19.1. The average Bonchev–Trinajstić information content (AvgIpc) is 3.11. The summed E-state index contributed by atoms with van der Waals surface area (Å²) in [6.07, 6.45) is -4.13. The van der Waals surface area contributed by atoms with Crippen LogP contribution < -0.4 is 10.2 Å². The van der Waals surface area contributed by atoms with Crippen molar-refractivity contribution in [2.45, 2.75) is 37.8 Å². The lowest BCUT2D eigenvalue weighted by Gasteiger charge is -2.36. The van der Waals surface area contributed by atoms with E-state index in [4.69, 9.17) is 4.74 Å². The Hall–Kier alpha value is -3.01. The number of carbonyl (C=O) groups is 2. The zero-order chi connectivity index (χ0) is 24.2. The summed E-state index contributed by atoms with van der Waals surface area (Å²) in [7, 11) is 0. The number of aryl methyl sites for hydroxylation is 1. The van der Waals surface area contributed by atoms with Gasteiger partial charge >= 0.3 is 0 Å². The van der Waals surface area contributed by atoms with Gasteiger partial charge in [-0.1, -0.05) is 17.7 Å². The fraction of sp³-hybridized carbons (Fsp3) is 0.440. The van der Waals surface area contributed by atoms with E-state index in [1.54, 1.807) is 29.2 Å². The minimum atomic E-state index is -1.22. The largest absolute Gasteiger partial charge is 0.388 e. The molecular weight excluding hydrogens is 441 g/mol. The number of nitrogens with zero attached hydrogens (tertiary/aromatic N) is 2. The second kappa shape index (κ2) is 10.5. The van der Waals surface area contributed by atoms with E-state index in [0.29, 0.717) is 31.7 Å². The molecule has 182 valence electrons. The van der Waals surface area contributed by atoms with Crippen molar-refractivity contribution < 1.29 is 28.9 Å². The molecule has 2 aromatic rings. The number of anilines is 1. The van der Waals surface area contributed by atoms with Gasteiger partial charge in [0.25, 0.3) is 5.91 Å². The Bertz CT molecular complexity index is 993. The van der Waals surface area contributed by atoms with Gasteiger partial charge in [-0.25, -0.2) is 4.39 Å². The maximum absolute atomic E-state index is 13.1. The SMILES string of the molecule is Cc1ccc(C(=O)NCC2OC(CC(=O)N3CCN(c4ccc(F)cc4)CC3)C(O)C2O)cc1. The molecule has 0 bridgehead atoms. The Morgan fingerprint density at radius 1 is 0.971 bits per heavy atom. The highest BCUT2D eigenvalue weighted by atomic mass is 19.1. The zero-order valence-corrected chi connectivity index (χ0v) is 19.1. The van der Waals surface area contributed by atoms with Crippen LogP contribution in [0.4, 0.5) is 10.1 Å². The normalized spacial score (nSPS) is 24.8. The van der Waals surface area contributed by atoms with Gasteiger partial charge < -0.3 is 30.1 Å². The quantitative estimate of drug-likeness (QED) is 0.583. The minimum absolute atomic E-state index is 0.0198. The lowest BCUT2D eigenvalue weighted by molar-refractivity contribution is -0.135. The molecule has 2 heterocycles.